The van der Waals surface area contributed by atoms with E-state index in [1.165, 1.54) is 36.6 Å². The van der Waals surface area contributed by atoms with Crippen LogP contribution in [-0.2, 0) is 0 Å². The predicted molar refractivity (Wildman–Crippen MR) is 104 cm³/mol. The molecule has 5 nitrogen and oxygen atoms in total. The molecule has 2 heterocycles. The van der Waals surface area contributed by atoms with E-state index in [4.69, 9.17) is 32.4 Å². The molecule has 0 spiro atoms. The summed E-state index contributed by atoms with van der Waals surface area (Å²) in [6.45, 7) is -2.96. The quantitative estimate of drug-likeness (QED) is 0.351. The van der Waals surface area contributed by atoms with Crippen molar-refractivity contribution in [1.82, 2.24) is 10.2 Å². The van der Waals surface area contributed by atoms with E-state index in [9.17, 15) is 8.78 Å². The molecule has 0 saturated carbocycles. The third-order valence-corrected chi connectivity index (χ3v) is 5.72. The maximum Gasteiger partial charge on any atom is 0.387 e. The number of halogens is 4. The number of ether oxygens (including phenoxy) is 2. The highest BCUT2D eigenvalue weighted by molar-refractivity contribution is 7.23. The zero-order valence-electron chi connectivity index (χ0n) is 14.1. The fourth-order valence-corrected chi connectivity index (χ4v) is 4.31. The fraction of sp³-hybridized carbons (Fsp3) is 0.111. The summed E-state index contributed by atoms with van der Waals surface area (Å²) in [5.41, 5.74) is 0.484. The molecule has 2 aromatic heterocycles. The second-order valence-corrected chi connectivity index (χ2v) is 7.41. The van der Waals surface area contributed by atoms with E-state index in [1.807, 2.05) is 6.07 Å². The number of fused-ring (bicyclic) bond motifs is 1. The summed E-state index contributed by atoms with van der Waals surface area (Å²) in [7, 11) is 1.35. The second-order valence-electron chi connectivity index (χ2n) is 5.54. The van der Waals surface area contributed by atoms with E-state index < -0.39 is 6.61 Å². The number of aromatic nitrogens is 2. The average Bonchev–Trinajstić information content (AvgIpc) is 3.26. The Morgan fingerprint density at radius 3 is 2.57 bits per heavy atom. The average molecular weight is 443 g/mol. The van der Waals surface area contributed by atoms with Gasteiger partial charge in [-0.3, -0.25) is 0 Å². The van der Waals surface area contributed by atoms with Gasteiger partial charge in [-0.15, -0.1) is 21.5 Å². The van der Waals surface area contributed by atoms with Gasteiger partial charge >= 0.3 is 6.61 Å². The first kappa shape index (κ1) is 18.9. The maximum atomic E-state index is 12.5. The molecule has 28 heavy (non-hydrogen) atoms. The van der Waals surface area contributed by atoms with Gasteiger partial charge in [-0.05, 0) is 30.3 Å². The number of rotatable bonds is 5. The SMILES string of the molecule is COc1cc(-c2nnc(-c3sc4cc(Cl)ccc4c3Cl)o2)ccc1OC(F)F. The van der Waals surface area contributed by atoms with Crippen molar-refractivity contribution in [3.05, 3.63) is 46.4 Å². The van der Waals surface area contributed by atoms with Crippen molar-refractivity contribution in [2.45, 2.75) is 6.61 Å². The molecule has 0 aliphatic rings. The molecule has 0 aliphatic carbocycles. The van der Waals surface area contributed by atoms with Crippen LogP contribution in [0.1, 0.15) is 0 Å². The molecular formula is C18H10Cl2F2N2O3S. The number of methoxy groups -OCH3 is 1. The van der Waals surface area contributed by atoms with E-state index in [0.29, 0.717) is 20.5 Å². The summed E-state index contributed by atoms with van der Waals surface area (Å²) in [5.74, 6) is 0.449. The molecule has 0 amide bonds. The first-order valence-electron chi connectivity index (χ1n) is 7.81. The summed E-state index contributed by atoms with van der Waals surface area (Å²) in [5, 5.41) is 9.99. The van der Waals surface area contributed by atoms with Crippen LogP contribution in [0.4, 0.5) is 8.78 Å². The van der Waals surface area contributed by atoms with Gasteiger partial charge in [-0.1, -0.05) is 29.3 Å². The van der Waals surface area contributed by atoms with E-state index in [1.54, 1.807) is 12.1 Å². The van der Waals surface area contributed by atoms with Crippen molar-refractivity contribution < 1.29 is 22.7 Å². The Hall–Kier alpha value is -2.42. The van der Waals surface area contributed by atoms with Crippen molar-refractivity contribution in [1.29, 1.82) is 0 Å². The number of hydrogen-bond acceptors (Lipinski definition) is 6. The molecule has 0 radical (unpaired) electrons. The number of hydrogen-bond donors (Lipinski definition) is 0. The Morgan fingerprint density at radius 1 is 1.04 bits per heavy atom. The van der Waals surface area contributed by atoms with Crippen LogP contribution < -0.4 is 9.47 Å². The lowest BCUT2D eigenvalue weighted by molar-refractivity contribution is -0.0512. The molecule has 4 aromatic rings. The van der Waals surface area contributed by atoms with E-state index in [-0.39, 0.29) is 23.3 Å². The first-order chi connectivity index (χ1) is 13.5. The van der Waals surface area contributed by atoms with Gasteiger partial charge in [0.25, 0.3) is 5.89 Å². The van der Waals surface area contributed by atoms with Gasteiger partial charge in [0.05, 0.1) is 12.1 Å². The van der Waals surface area contributed by atoms with Crippen molar-refractivity contribution in [3.8, 4) is 33.7 Å². The molecule has 0 N–H and O–H groups in total. The number of nitrogens with zero attached hydrogens (tertiary/aromatic N) is 2. The molecule has 0 fully saturated rings. The predicted octanol–water partition coefficient (Wildman–Crippen LogP) is 6.54. The molecule has 0 bridgehead atoms. The molecule has 144 valence electrons. The van der Waals surface area contributed by atoms with Crippen molar-refractivity contribution in [2.75, 3.05) is 7.11 Å². The molecule has 0 aliphatic heterocycles. The Kier molecular flexibility index (Phi) is 5.09. The summed E-state index contributed by atoms with van der Waals surface area (Å²) < 4.78 is 41.1. The zero-order chi connectivity index (χ0) is 19.8. The van der Waals surface area contributed by atoms with Gasteiger partial charge in [0.1, 0.15) is 4.88 Å². The largest absolute Gasteiger partial charge is 0.493 e. The number of alkyl halides is 2. The molecule has 0 saturated heterocycles. The molecule has 10 heteroatoms. The highest BCUT2D eigenvalue weighted by Gasteiger charge is 2.20. The van der Waals surface area contributed by atoms with Crippen molar-refractivity contribution in [3.63, 3.8) is 0 Å². The van der Waals surface area contributed by atoms with Crippen LogP contribution in [0, 0.1) is 0 Å². The maximum absolute atomic E-state index is 12.5. The molecule has 2 aromatic carbocycles. The van der Waals surface area contributed by atoms with Crippen molar-refractivity contribution >= 4 is 44.6 Å². The summed E-state index contributed by atoms with van der Waals surface area (Å²) in [6, 6.07) is 9.72. The summed E-state index contributed by atoms with van der Waals surface area (Å²) in [4.78, 5) is 0.613. The standard InChI is InChI=1S/C18H10Cl2F2N2O3S/c1-25-12-6-8(2-5-11(12)26-18(21)22)16-23-24-17(27-16)15-14(20)10-4-3-9(19)7-13(10)28-15/h2-7,18H,1H3. The fourth-order valence-electron chi connectivity index (χ4n) is 2.60. The minimum atomic E-state index is -2.96. The lowest BCUT2D eigenvalue weighted by atomic mass is 10.2. The smallest absolute Gasteiger partial charge is 0.387 e. The van der Waals surface area contributed by atoms with Gasteiger partial charge in [-0.2, -0.15) is 8.78 Å². The highest BCUT2D eigenvalue weighted by atomic mass is 35.5. The van der Waals surface area contributed by atoms with Gasteiger partial charge in [0, 0.05) is 20.7 Å². The molecule has 4 rings (SSSR count). The van der Waals surface area contributed by atoms with Crippen LogP contribution in [0.25, 0.3) is 32.3 Å². The van der Waals surface area contributed by atoms with Crippen LogP contribution in [-0.4, -0.2) is 23.9 Å². The van der Waals surface area contributed by atoms with Gasteiger partial charge in [0.2, 0.25) is 5.89 Å². The van der Waals surface area contributed by atoms with Crippen LogP contribution in [0.15, 0.2) is 40.8 Å². The van der Waals surface area contributed by atoms with Gasteiger partial charge in [-0.25, -0.2) is 0 Å². The van der Waals surface area contributed by atoms with Crippen molar-refractivity contribution in [2.24, 2.45) is 0 Å². The van der Waals surface area contributed by atoms with Gasteiger partial charge < -0.3 is 13.9 Å². The second kappa shape index (κ2) is 7.54. The lowest BCUT2D eigenvalue weighted by Gasteiger charge is -2.10. The summed E-state index contributed by atoms with van der Waals surface area (Å²) >= 11 is 13.9. The minimum absolute atomic E-state index is 0.0922. The monoisotopic (exact) mass is 442 g/mol. The van der Waals surface area contributed by atoms with Crippen LogP contribution in [0.5, 0.6) is 11.5 Å². The Morgan fingerprint density at radius 2 is 1.82 bits per heavy atom. The van der Waals surface area contributed by atoms with E-state index in [0.717, 1.165) is 10.1 Å². The first-order valence-corrected chi connectivity index (χ1v) is 9.38. The van der Waals surface area contributed by atoms with Crippen LogP contribution >= 0.6 is 34.5 Å². The minimum Gasteiger partial charge on any atom is -0.493 e. The lowest BCUT2D eigenvalue weighted by Crippen LogP contribution is -2.03. The highest BCUT2D eigenvalue weighted by Crippen LogP contribution is 2.43. The Bertz CT molecular complexity index is 1160. The third kappa shape index (κ3) is 3.50. The number of benzene rings is 2. The summed E-state index contributed by atoms with van der Waals surface area (Å²) in [6.07, 6.45) is 0. The third-order valence-electron chi connectivity index (χ3n) is 3.84. The van der Waals surface area contributed by atoms with E-state index >= 15 is 0 Å². The van der Waals surface area contributed by atoms with Gasteiger partial charge in [0.15, 0.2) is 11.5 Å². The zero-order valence-corrected chi connectivity index (χ0v) is 16.4. The normalized spacial score (nSPS) is 11.4. The van der Waals surface area contributed by atoms with Crippen LogP contribution in [0.2, 0.25) is 10.0 Å². The molecule has 0 unspecified atom stereocenters. The number of thiophene rings is 1. The molecule has 0 atom stereocenters. The molecular weight excluding hydrogens is 433 g/mol. The Labute approximate surface area is 171 Å². The topological polar surface area (TPSA) is 57.4 Å². The van der Waals surface area contributed by atoms with E-state index in [2.05, 4.69) is 14.9 Å². The van der Waals surface area contributed by atoms with Crippen LogP contribution in [0.3, 0.4) is 0 Å². The Balaban J connectivity index is 1.71.